The average molecular weight is 184 g/mol. The predicted octanol–water partition coefficient (Wildman–Crippen LogP) is 1.82. The van der Waals surface area contributed by atoms with E-state index in [-0.39, 0.29) is 12.3 Å². The number of carbonyl (C=O) groups is 1. The van der Waals surface area contributed by atoms with Crippen molar-refractivity contribution in [2.45, 2.75) is 20.8 Å². The van der Waals surface area contributed by atoms with E-state index in [0.29, 0.717) is 11.3 Å². The van der Waals surface area contributed by atoms with Crippen molar-refractivity contribution in [1.82, 2.24) is 4.57 Å². The largest absolute Gasteiger partial charge is 0.461 e. The van der Waals surface area contributed by atoms with Gasteiger partial charge in [-0.05, 0) is 32.4 Å². The van der Waals surface area contributed by atoms with E-state index in [4.69, 9.17) is 8.85 Å². The fourth-order valence-corrected chi connectivity index (χ4v) is 1.25. The fraction of sp³-hybridized carbons (Fsp3) is 0.500. The summed E-state index contributed by atoms with van der Waals surface area (Å²) >= 11 is 0. The highest BCUT2D eigenvalue weighted by Crippen LogP contribution is 2.13. The first-order valence-electron chi connectivity index (χ1n) is 5.65. The van der Waals surface area contributed by atoms with E-state index in [1.54, 1.807) is 26.8 Å². The lowest BCUT2D eigenvalue weighted by Gasteiger charge is -2.05. The topological polar surface area (TPSA) is 31.2 Å². The molecule has 3 nitrogen and oxygen atoms in total. The molecule has 0 N–H and O–H groups in total. The Hall–Kier alpha value is -1.25. The third-order valence-electron chi connectivity index (χ3n) is 1.84. The van der Waals surface area contributed by atoms with E-state index in [0.717, 1.165) is 4.57 Å². The molecule has 0 saturated carbocycles. The number of esters is 1. The maximum absolute atomic E-state index is 11.7. The number of ether oxygens (including phenoxy) is 1. The average Bonchev–Trinajstić information content (AvgIpc) is 2.40. The van der Waals surface area contributed by atoms with Crippen molar-refractivity contribution >= 4 is 5.97 Å². The fourth-order valence-electron chi connectivity index (χ4n) is 1.25. The van der Waals surface area contributed by atoms with Crippen LogP contribution in [0, 0.1) is 13.8 Å². The van der Waals surface area contributed by atoms with Crippen LogP contribution in [0.4, 0.5) is 0 Å². The van der Waals surface area contributed by atoms with Crippen molar-refractivity contribution in [2.75, 3.05) is 6.61 Å². The SMILES string of the molecule is [2H]C([2H])([2H])n1c(C)cc(C)c1C(=O)OCC. The normalized spacial score (nSPS) is 14.5. The molecule has 0 aromatic carbocycles. The van der Waals surface area contributed by atoms with Crippen LogP contribution in [0.15, 0.2) is 6.07 Å². The summed E-state index contributed by atoms with van der Waals surface area (Å²) in [5.41, 5.74) is 1.26. The van der Waals surface area contributed by atoms with E-state index < -0.39 is 12.9 Å². The predicted molar refractivity (Wildman–Crippen MR) is 50.8 cm³/mol. The first-order valence-corrected chi connectivity index (χ1v) is 4.15. The van der Waals surface area contributed by atoms with Crippen molar-refractivity contribution in [3.63, 3.8) is 0 Å². The minimum Gasteiger partial charge on any atom is -0.461 e. The zero-order chi connectivity index (χ0) is 12.5. The molecule has 0 saturated heterocycles. The van der Waals surface area contributed by atoms with Crippen molar-refractivity contribution in [3.05, 3.63) is 23.0 Å². The van der Waals surface area contributed by atoms with E-state index in [9.17, 15) is 4.79 Å². The first-order chi connectivity index (χ1) is 7.29. The summed E-state index contributed by atoms with van der Waals surface area (Å²) in [7, 11) is 0. The van der Waals surface area contributed by atoms with E-state index in [1.807, 2.05) is 0 Å². The van der Waals surface area contributed by atoms with Gasteiger partial charge < -0.3 is 9.30 Å². The van der Waals surface area contributed by atoms with Gasteiger partial charge in [0.25, 0.3) is 0 Å². The van der Waals surface area contributed by atoms with Crippen molar-refractivity contribution in [1.29, 1.82) is 0 Å². The van der Waals surface area contributed by atoms with E-state index in [1.165, 1.54) is 0 Å². The van der Waals surface area contributed by atoms with Crippen LogP contribution in [-0.4, -0.2) is 17.1 Å². The molecule has 0 aliphatic carbocycles. The van der Waals surface area contributed by atoms with Crippen LogP contribution < -0.4 is 0 Å². The number of aromatic nitrogens is 1. The van der Waals surface area contributed by atoms with Gasteiger partial charge in [0, 0.05) is 16.8 Å². The second-order valence-electron chi connectivity index (χ2n) is 2.87. The van der Waals surface area contributed by atoms with Gasteiger partial charge in [-0.15, -0.1) is 0 Å². The molecule has 13 heavy (non-hydrogen) atoms. The molecule has 0 unspecified atom stereocenters. The summed E-state index contributed by atoms with van der Waals surface area (Å²) in [4.78, 5) is 11.7. The Bertz CT molecular complexity index is 407. The number of rotatable bonds is 2. The van der Waals surface area contributed by atoms with Crippen LogP contribution in [0.5, 0.6) is 0 Å². The first kappa shape index (κ1) is 6.24. The lowest BCUT2D eigenvalue weighted by Crippen LogP contribution is -2.11. The van der Waals surface area contributed by atoms with E-state index >= 15 is 0 Å². The zero-order valence-electron chi connectivity index (χ0n) is 11.0. The van der Waals surface area contributed by atoms with Crippen LogP contribution in [0.3, 0.4) is 0 Å². The minimum atomic E-state index is -2.36. The maximum Gasteiger partial charge on any atom is 0.355 e. The molecule has 1 rings (SSSR count). The molecular formula is C10H15NO2. The Balaban J connectivity index is 3.32. The Morgan fingerprint density at radius 2 is 2.38 bits per heavy atom. The van der Waals surface area contributed by atoms with Gasteiger partial charge in [0.1, 0.15) is 5.69 Å². The molecule has 0 aliphatic heterocycles. The number of carbonyl (C=O) groups excluding carboxylic acids is 1. The van der Waals surface area contributed by atoms with Gasteiger partial charge >= 0.3 is 5.97 Å². The second kappa shape index (κ2) is 3.64. The number of aryl methyl sites for hydroxylation is 2. The summed E-state index contributed by atoms with van der Waals surface area (Å²) < 4.78 is 28.0. The Kier molecular flexibility index (Phi) is 1.75. The Morgan fingerprint density at radius 1 is 1.69 bits per heavy atom. The second-order valence-corrected chi connectivity index (χ2v) is 2.87. The highest BCUT2D eigenvalue weighted by Gasteiger charge is 2.15. The molecule has 0 atom stereocenters. The van der Waals surface area contributed by atoms with Crippen molar-refractivity contribution in [2.24, 2.45) is 6.98 Å². The number of nitrogens with zero attached hydrogens (tertiary/aromatic N) is 1. The van der Waals surface area contributed by atoms with Crippen LogP contribution in [0.25, 0.3) is 0 Å². The summed E-state index contributed by atoms with van der Waals surface area (Å²) in [6.07, 6.45) is 0. The molecule has 1 aromatic rings. The van der Waals surface area contributed by atoms with Gasteiger partial charge in [0.15, 0.2) is 0 Å². The number of hydrogen-bond acceptors (Lipinski definition) is 2. The van der Waals surface area contributed by atoms with Gasteiger partial charge in [-0.2, -0.15) is 0 Å². The molecule has 0 fully saturated rings. The van der Waals surface area contributed by atoms with Crippen molar-refractivity contribution in [3.8, 4) is 0 Å². The van der Waals surface area contributed by atoms with Crippen LogP contribution in [0.2, 0.25) is 0 Å². The molecule has 1 heterocycles. The molecule has 0 aliphatic rings. The van der Waals surface area contributed by atoms with E-state index in [2.05, 4.69) is 0 Å². The Labute approximate surface area is 82.5 Å². The molecular weight excluding hydrogens is 166 g/mol. The quantitative estimate of drug-likeness (QED) is 0.656. The van der Waals surface area contributed by atoms with Gasteiger partial charge in [0.2, 0.25) is 0 Å². The molecule has 0 radical (unpaired) electrons. The van der Waals surface area contributed by atoms with Crippen LogP contribution in [-0.2, 0) is 11.7 Å². The molecule has 3 heteroatoms. The van der Waals surface area contributed by atoms with Crippen LogP contribution >= 0.6 is 0 Å². The molecule has 0 amide bonds. The molecule has 0 bridgehead atoms. The summed E-state index contributed by atoms with van der Waals surface area (Å²) in [5.74, 6) is -0.593. The summed E-state index contributed by atoms with van der Waals surface area (Å²) in [6, 6.07) is 1.67. The zero-order valence-corrected chi connectivity index (χ0v) is 8.05. The van der Waals surface area contributed by atoms with Crippen LogP contribution in [0.1, 0.15) is 32.8 Å². The van der Waals surface area contributed by atoms with Gasteiger partial charge in [-0.1, -0.05) is 0 Å². The summed E-state index contributed by atoms with van der Waals surface area (Å²) in [6.45, 7) is 2.90. The van der Waals surface area contributed by atoms with Crippen molar-refractivity contribution < 1.29 is 13.6 Å². The minimum absolute atomic E-state index is 0.111. The highest BCUT2D eigenvalue weighted by molar-refractivity contribution is 5.89. The van der Waals surface area contributed by atoms with Gasteiger partial charge in [-0.3, -0.25) is 0 Å². The highest BCUT2D eigenvalue weighted by atomic mass is 16.5. The third-order valence-corrected chi connectivity index (χ3v) is 1.84. The van der Waals surface area contributed by atoms with Gasteiger partial charge in [0.05, 0.1) is 6.61 Å². The monoisotopic (exact) mass is 184 g/mol. The Morgan fingerprint density at radius 3 is 2.92 bits per heavy atom. The third kappa shape index (κ3) is 1.74. The maximum atomic E-state index is 11.7. The smallest absolute Gasteiger partial charge is 0.355 e. The number of hydrogen-bond donors (Lipinski definition) is 0. The standard InChI is InChI=1S/C10H15NO2/c1-5-13-10(12)9-7(2)6-8(3)11(9)4/h6H,5H2,1-4H3/i4D3. The lowest BCUT2D eigenvalue weighted by atomic mass is 10.2. The lowest BCUT2D eigenvalue weighted by molar-refractivity contribution is 0.0514. The van der Waals surface area contributed by atoms with Gasteiger partial charge in [-0.25, -0.2) is 4.79 Å². The molecule has 0 spiro atoms. The summed E-state index contributed by atoms with van der Waals surface area (Å²) in [5, 5.41) is 0. The molecule has 72 valence electrons. The molecule has 1 aromatic heterocycles.